The first-order valence-electron chi connectivity index (χ1n) is 4.42. The molecule has 0 saturated heterocycles. The van der Waals surface area contributed by atoms with E-state index < -0.39 is 0 Å². The lowest BCUT2D eigenvalue weighted by Crippen LogP contribution is -2.16. The van der Waals surface area contributed by atoms with Crippen molar-refractivity contribution in [3.05, 3.63) is 22.3 Å². The van der Waals surface area contributed by atoms with Crippen LogP contribution >= 0.6 is 0 Å². The maximum atomic E-state index is 9.22. The molecular formula is C12H22O. The fraction of sp³-hybridized carbons (Fsp3) is 0.667. The Morgan fingerprint density at radius 1 is 1.08 bits per heavy atom. The zero-order valence-electron chi connectivity index (χ0n) is 8.65. The predicted molar refractivity (Wildman–Crippen MR) is 58.7 cm³/mol. The van der Waals surface area contributed by atoms with Gasteiger partial charge in [-0.05, 0) is 37.5 Å². The van der Waals surface area contributed by atoms with Gasteiger partial charge in [-0.25, -0.2) is 0 Å². The minimum absolute atomic E-state index is 0. The average molecular weight is 182 g/mol. The number of hydrogen-bond donors (Lipinski definition) is 1. The standard InChI is InChI=1S/C11H18O.CH4/c1-7-8(2)10(6-12)11(4,5)9(7)3;/h12H,6H2,1-5H3;1H4. The molecule has 0 amide bonds. The Balaban J connectivity index is 0.00000144. The van der Waals surface area contributed by atoms with E-state index in [2.05, 4.69) is 34.6 Å². The lowest BCUT2D eigenvalue weighted by Gasteiger charge is -2.24. The highest BCUT2D eigenvalue weighted by atomic mass is 16.3. The number of allylic oxidation sites excluding steroid dienone is 3. The topological polar surface area (TPSA) is 20.2 Å². The number of aliphatic hydroxyl groups excluding tert-OH is 1. The van der Waals surface area contributed by atoms with Crippen LogP contribution in [0.5, 0.6) is 0 Å². The molecule has 0 fully saturated rings. The van der Waals surface area contributed by atoms with E-state index in [1.54, 1.807) is 0 Å². The first-order chi connectivity index (χ1) is 5.42. The molecule has 0 bridgehead atoms. The highest BCUT2D eigenvalue weighted by molar-refractivity contribution is 5.50. The second kappa shape index (κ2) is 3.67. The molecule has 0 spiro atoms. The summed E-state index contributed by atoms with van der Waals surface area (Å²) in [6.07, 6.45) is 0. The summed E-state index contributed by atoms with van der Waals surface area (Å²) in [6.45, 7) is 10.9. The van der Waals surface area contributed by atoms with E-state index >= 15 is 0 Å². The van der Waals surface area contributed by atoms with Crippen molar-refractivity contribution in [2.45, 2.75) is 42.0 Å². The van der Waals surface area contributed by atoms with Crippen LogP contribution in [0.3, 0.4) is 0 Å². The molecule has 1 heteroatoms. The summed E-state index contributed by atoms with van der Waals surface area (Å²) in [7, 11) is 0. The van der Waals surface area contributed by atoms with Crippen LogP contribution in [-0.2, 0) is 0 Å². The normalized spacial score (nSPS) is 20.8. The molecular weight excluding hydrogens is 160 g/mol. The summed E-state index contributed by atoms with van der Waals surface area (Å²) in [5.41, 5.74) is 5.27. The largest absolute Gasteiger partial charge is 0.392 e. The number of rotatable bonds is 1. The Hall–Kier alpha value is -0.560. The van der Waals surface area contributed by atoms with Gasteiger partial charge in [0.25, 0.3) is 0 Å². The Labute approximate surface area is 82.2 Å². The molecule has 0 aliphatic heterocycles. The molecule has 0 aromatic heterocycles. The fourth-order valence-corrected chi connectivity index (χ4v) is 1.99. The van der Waals surface area contributed by atoms with Crippen molar-refractivity contribution in [3.63, 3.8) is 0 Å². The van der Waals surface area contributed by atoms with Crippen molar-refractivity contribution < 1.29 is 5.11 Å². The predicted octanol–water partition coefficient (Wildman–Crippen LogP) is 3.31. The fourth-order valence-electron chi connectivity index (χ4n) is 1.99. The van der Waals surface area contributed by atoms with Crippen molar-refractivity contribution >= 4 is 0 Å². The van der Waals surface area contributed by atoms with Gasteiger partial charge in [0, 0.05) is 5.41 Å². The first kappa shape index (κ1) is 12.4. The molecule has 0 aromatic rings. The van der Waals surface area contributed by atoms with E-state index in [1.807, 2.05) is 0 Å². The van der Waals surface area contributed by atoms with Crippen molar-refractivity contribution in [1.29, 1.82) is 0 Å². The summed E-state index contributed by atoms with van der Waals surface area (Å²) in [4.78, 5) is 0. The van der Waals surface area contributed by atoms with Gasteiger partial charge >= 0.3 is 0 Å². The molecule has 76 valence electrons. The van der Waals surface area contributed by atoms with Crippen LogP contribution in [0.2, 0.25) is 0 Å². The van der Waals surface area contributed by atoms with Crippen LogP contribution in [0.15, 0.2) is 22.3 Å². The van der Waals surface area contributed by atoms with E-state index in [0.29, 0.717) is 0 Å². The molecule has 1 aliphatic carbocycles. The van der Waals surface area contributed by atoms with Crippen LogP contribution in [-0.4, -0.2) is 11.7 Å². The maximum Gasteiger partial charge on any atom is 0.0655 e. The first-order valence-corrected chi connectivity index (χ1v) is 4.42. The van der Waals surface area contributed by atoms with Gasteiger partial charge in [0.2, 0.25) is 0 Å². The summed E-state index contributed by atoms with van der Waals surface area (Å²) in [6, 6.07) is 0. The van der Waals surface area contributed by atoms with Gasteiger partial charge in [0.15, 0.2) is 0 Å². The van der Waals surface area contributed by atoms with Gasteiger partial charge in [-0.3, -0.25) is 0 Å². The summed E-state index contributed by atoms with van der Waals surface area (Å²) >= 11 is 0. The van der Waals surface area contributed by atoms with Gasteiger partial charge in [0.05, 0.1) is 6.61 Å². The SMILES string of the molecule is C.CC1=C(C)C(C)(C)C(CO)=C1C. The second-order valence-electron chi connectivity index (χ2n) is 4.14. The van der Waals surface area contributed by atoms with Gasteiger partial charge in [0.1, 0.15) is 0 Å². The van der Waals surface area contributed by atoms with Crippen LogP contribution in [0, 0.1) is 5.41 Å². The Morgan fingerprint density at radius 3 is 1.69 bits per heavy atom. The molecule has 0 atom stereocenters. The molecule has 0 aromatic carbocycles. The Bertz CT molecular complexity index is 267. The third-order valence-electron chi connectivity index (χ3n) is 3.43. The molecule has 1 N–H and O–H groups in total. The van der Waals surface area contributed by atoms with E-state index in [-0.39, 0.29) is 19.4 Å². The third-order valence-corrected chi connectivity index (χ3v) is 3.43. The molecule has 0 heterocycles. The monoisotopic (exact) mass is 182 g/mol. The molecule has 13 heavy (non-hydrogen) atoms. The van der Waals surface area contributed by atoms with E-state index in [0.717, 1.165) is 0 Å². The summed E-state index contributed by atoms with van der Waals surface area (Å²) in [5, 5.41) is 9.22. The quantitative estimate of drug-likeness (QED) is 0.659. The smallest absolute Gasteiger partial charge is 0.0655 e. The zero-order chi connectivity index (χ0) is 9.52. The molecule has 0 saturated carbocycles. The van der Waals surface area contributed by atoms with Gasteiger partial charge < -0.3 is 5.11 Å². The minimum atomic E-state index is 0. The molecule has 0 unspecified atom stereocenters. The third kappa shape index (κ3) is 1.58. The van der Waals surface area contributed by atoms with Gasteiger partial charge in [-0.2, -0.15) is 0 Å². The van der Waals surface area contributed by atoms with E-state index in [9.17, 15) is 5.11 Å². The minimum Gasteiger partial charge on any atom is -0.392 e. The summed E-state index contributed by atoms with van der Waals surface area (Å²) in [5.74, 6) is 0. The van der Waals surface area contributed by atoms with Crippen molar-refractivity contribution in [3.8, 4) is 0 Å². The lowest BCUT2D eigenvalue weighted by atomic mass is 9.81. The zero-order valence-corrected chi connectivity index (χ0v) is 8.65. The average Bonchev–Trinajstić information content (AvgIpc) is 2.13. The van der Waals surface area contributed by atoms with Crippen LogP contribution in [0.1, 0.15) is 42.0 Å². The number of hydrogen-bond acceptors (Lipinski definition) is 1. The van der Waals surface area contributed by atoms with E-state index in [1.165, 1.54) is 22.3 Å². The van der Waals surface area contributed by atoms with Gasteiger partial charge in [-0.15, -0.1) is 0 Å². The van der Waals surface area contributed by atoms with Crippen molar-refractivity contribution in [1.82, 2.24) is 0 Å². The second-order valence-corrected chi connectivity index (χ2v) is 4.14. The number of aliphatic hydroxyl groups is 1. The maximum absolute atomic E-state index is 9.22. The molecule has 1 rings (SSSR count). The van der Waals surface area contributed by atoms with Crippen LogP contribution < -0.4 is 0 Å². The van der Waals surface area contributed by atoms with Crippen molar-refractivity contribution in [2.24, 2.45) is 5.41 Å². The Morgan fingerprint density at radius 2 is 1.54 bits per heavy atom. The van der Waals surface area contributed by atoms with Gasteiger partial charge in [-0.1, -0.05) is 26.8 Å². The molecule has 1 aliphatic rings. The van der Waals surface area contributed by atoms with E-state index in [4.69, 9.17) is 0 Å². The molecule has 0 radical (unpaired) electrons. The van der Waals surface area contributed by atoms with Crippen LogP contribution in [0.4, 0.5) is 0 Å². The van der Waals surface area contributed by atoms with Crippen molar-refractivity contribution in [2.75, 3.05) is 6.61 Å². The Kier molecular flexibility index (Phi) is 3.51. The molecule has 1 nitrogen and oxygen atoms in total. The highest BCUT2D eigenvalue weighted by Gasteiger charge is 2.33. The van der Waals surface area contributed by atoms with Crippen LogP contribution in [0.25, 0.3) is 0 Å². The highest BCUT2D eigenvalue weighted by Crippen LogP contribution is 2.45. The lowest BCUT2D eigenvalue weighted by molar-refractivity contribution is 0.302. The summed E-state index contributed by atoms with van der Waals surface area (Å²) < 4.78 is 0.